The molecule has 1 aromatic rings. The van der Waals surface area contributed by atoms with Gasteiger partial charge in [0.05, 0.1) is 10.8 Å². The van der Waals surface area contributed by atoms with E-state index in [0.717, 1.165) is 0 Å². The molecule has 142 valence electrons. The lowest BCUT2D eigenvalue weighted by atomic mass is 9.90. The van der Waals surface area contributed by atoms with Gasteiger partial charge in [0, 0.05) is 19.6 Å². The summed E-state index contributed by atoms with van der Waals surface area (Å²) in [5.41, 5.74) is 0. The highest BCUT2D eigenvalue weighted by molar-refractivity contribution is 7.89. The van der Waals surface area contributed by atoms with Crippen LogP contribution in [0.25, 0.3) is 0 Å². The average Bonchev–Trinajstić information content (AvgIpc) is 3.12. The quantitative estimate of drug-likeness (QED) is 0.852. The lowest BCUT2D eigenvalue weighted by Crippen LogP contribution is -2.52. The molecule has 2 heterocycles. The number of carboxylic acid groups (broad SMARTS) is 1. The molecule has 7 nitrogen and oxygen atoms in total. The van der Waals surface area contributed by atoms with Gasteiger partial charge in [-0.3, -0.25) is 9.59 Å². The number of aliphatic carboxylic acids is 1. The van der Waals surface area contributed by atoms with Crippen LogP contribution in [0.5, 0.6) is 0 Å². The van der Waals surface area contributed by atoms with Crippen molar-refractivity contribution in [2.24, 2.45) is 11.8 Å². The van der Waals surface area contributed by atoms with Gasteiger partial charge in [0.25, 0.3) is 0 Å². The molecule has 3 atom stereocenters. The van der Waals surface area contributed by atoms with Gasteiger partial charge >= 0.3 is 5.97 Å². The highest BCUT2D eigenvalue weighted by atomic mass is 32.2. The molecule has 0 radical (unpaired) electrons. The summed E-state index contributed by atoms with van der Waals surface area (Å²) in [4.78, 5) is 26.1. The van der Waals surface area contributed by atoms with Gasteiger partial charge in [-0.1, -0.05) is 25.1 Å². The Bertz CT molecular complexity index is 780. The molecule has 3 rings (SSSR count). The molecule has 8 heteroatoms. The van der Waals surface area contributed by atoms with Crippen LogP contribution in [0.15, 0.2) is 35.2 Å². The number of rotatable bonds is 4. The second-order valence-electron chi connectivity index (χ2n) is 7.21. The minimum atomic E-state index is -3.75. The SMILES string of the molecule is CC1CC(C(=O)O)CN(C(=O)C2CCCN2S(=O)(=O)c2ccccc2)C1. The summed E-state index contributed by atoms with van der Waals surface area (Å²) in [6.07, 6.45) is 1.62. The minimum Gasteiger partial charge on any atom is -0.481 e. The van der Waals surface area contributed by atoms with Crippen molar-refractivity contribution >= 4 is 21.9 Å². The highest BCUT2D eigenvalue weighted by Crippen LogP contribution is 2.29. The number of carbonyl (C=O) groups excluding carboxylic acids is 1. The van der Waals surface area contributed by atoms with Crippen molar-refractivity contribution in [3.05, 3.63) is 30.3 Å². The third-order valence-corrected chi connectivity index (χ3v) is 7.08. The Morgan fingerprint density at radius 1 is 1.15 bits per heavy atom. The number of carboxylic acids is 1. The molecule has 3 unspecified atom stereocenters. The first kappa shape index (κ1) is 18.8. The predicted octanol–water partition coefficient (Wildman–Crippen LogP) is 1.41. The van der Waals surface area contributed by atoms with Crippen LogP contribution in [0.2, 0.25) is 0 Å². The molecule has 26 heavy (non-hydrogen) atoms. The maximum Gasteiger partial charge on any atom is 0.308 e. The van der Waals surface area contributed by atoms with E-state index in [9.17, 15) is 23.1 Å². The van der Waals surface area contributed by atoms with E-state index in [2.05, 4.69) is 0 Å². The van der Waals surface area contributed by atoms with Gasteiger partial charge in [-0.25, -0.2) is 8.42 Å². The zero-order chi connectivity index (χ0) is 18.9. The summed E-state index contributed by atoms with van der Waals surface area (Å²) < 4.78 is 27.1. The van der Waals surface area contributed by atoms with Gasteiger partial charge in [-0.2, -0.15) is 4.31 Å². The molecule has 0 saturated carbocycles. The van der Waals surface area contributed by atoms with Crippen molar-refractivity contribution in [2.75, 3.05) is 19.6 Å². The highest BCUT2D eigenvalue weighted by Gasteiger charge is 2.43. The van der Waals surface area contributed by atoms with Gasteiger partial charge in [-0.15, -0.1) is 0 Å². The van der Waals surface area contributed by atoms with Crippen LogP contribution >= 0.6 is 0 Å². The molecule has 2 fully saturated rings. The largest absolute Gasteiger partial charge is 0.481 e. The zero-order valence-electron chi connectivity index (χ0n) is 14.7. The maximum absolute atomic E-state index is 13.0. The molecule has 0 aromatic heterocycles. The summed E-state index contributed by atoms with van der Waals surface area (Å²) in [6, 6.07) is 7.36. The lowest BCUT2D eigenvalue weighted by molar-refractivity contribution is -0.147. The van der Waals surface area contributed by atoms with Gasteiger partial charge in [0.15, 0.2) is 0 Å². The van der Waals surface area contributed by atoms with E-state index in [1.54, 1.807) is 18.2 Å². The number of likely N-dealkylation sites (tertiary alicyclic amines) is 1. The Hall–Kier alpha value is -1.93. The first-order valence-corrected chi connectivity index (χ1v) is 10.3. The van der Waals surface area contributed by atoms with Crippen LogP contribution in [0.4, 0.5) is 0 Å². The zero-order valence-corrected chi connectivity index (χ0v) is 15.6. The average molecular weight is 380 g/mol. The fraction of sp³-hybridized carbons (Fsp3) is 0.556. The Morgan fingerprint density at radius 3 is 2.50 bits per heavy atom. The molecule has 1 N–H and O–H groups in total. The Balaban J connectivity index is 1.81. The van der Waals surface area contributed by atoms with Crippen LogP contribution in [0.3, 0.4) is 0 Å². The summed E-state index contributed by atoms with van der Waals surface area (Å²) in [6.45, 7) is 2.84. The van der Waals surface area contributed by atoms with Crippen LogP contribution < -0.4 is 0 Å². The van der Waals surface area contributed by atoms with E-state index in [0.29, 0.717) is 32.4 Å². The number of carbonyl (C=O) groups is 2. The minimum absolute atomic E-state index is 0.0781. The number of nitrogens with zero attached hydrogens (tertiary/aromatic N) is 2. The number of benzene rings is 1. The van der Waals surface area contributed by atoms with E-state index >= 15 is 0 Å². The van der Waals surface area contributed by atoms with E-state index in [1.807, 2.05) is 6.92 Å². The standard InChI is InChI=1S/C18H24N2O5S/c1-13-10-14(18(22)23)12-19(11-13)17(21)16-8-5-9-20(16)26(24,25)15-6-3-2-4-7-15/h2-4,6-7,13-14,16H,5,8-12H2,1H3,(H,22,23). The molecule has 0 aliphatic carbocycles. The monoisotopic (exact) mass is 380 g/mol. The van der Waals surface area contributed by atoms with Crippen LogP contribution in [-0.2, 0) is 19.6 Å². The molecule has 2 aliphatic heterocycles. The molecule has 2 saturated heterocycles. The van der Waals surface area contributed by atoms with Crippen molar-refractivity contribution < 1.29 is 23.1 Å². The van der Waals surface area contributed by atoms with Crippen LogP contribution in [-0.4, -0.2) is 60.3 Å². The van der Waals surface area contributed by atoms with Crippen molar-refractivity contribution in [1.82, 2.24) is 9.21 Å². The maximum atomic E-state index is 13.0. The van der Waals surface area contributed by atoms with Crippen molar-refractivity contribution in [2.45, 2.75) is 37.1 Å². The molecule has 1 amide bonds. The van der Waals surface area contributed by atoms with Crippen molar-refractivity contribution in [3.8, 4) is 0 Å². The molecular weight excluding hydrogens is 356 g/mol. The third-order valence-electron chi connectivity index (χ3n) is 5.16. The van der Waals surface area contributed by atoms with Gasteiger partial charge in [0.1, 0.15) is 6.04 Å². The van der Waals surface area contributed by atoms with Crippen molar-refractivity contribution in [3.63, 3.8) is 0 Å². The third kappa shape index (κ3) is 3.61. The summed E-state index contributed by atoms with van der Waals surface area (Å²) in [5.74, 6) is -1.70. The normalized spacial score (nSPS) is 27.4. The van der Waals surface area contributed by atoms with E-state index in [4.69, 9.17) is 0 Å². The van der Waals surface area contributed by atoms with Gasteiger partial charge < -0.3 is 10.0 Å². The first-order chi connectivity index (χ1) is 12.3. The van der Waals surface area contributed by atoms with Crippen LogP contribution in [0.1, 0.15) is 26.2 Å². The fourth-order valence-electron chi connectivity index (χ4n) is 3.92. The lowest BCUT2D eigenvalue weighted by Gasteiger charge is -2.37. The first-order valence-electron chi connectivity index (χ1n) is 8.89. The Morgan fingerprint density at radius 2 is 1.85 bits per heavy atom. The molecule has 0 bridgehead atoms. The number of hydrogen-bond acceptors (Lipinski definition) is 4. The van der Waals surface area contributed by atoms with Crippen molar-refractivity contribution in [1.29, 1.82) is 0 Å². The van der Waals surface area contributed by atoms with E-state index in [-0.39, 0.29) is 23.3 Å². The smallest absolute Gasteiger partial charge is 0.308 e. The second kappa shape index (κ2) is 7.36. The molecular formula is C18H24N2O5S. The fourth-order valence-corrected chi connectivity index (χ4v) is 5.60. The van der Waals surface area contributed by atoms with E-state index in [1.165, 1.54) is 21.3 Å². The molecule has 0 spiro atoms. The summed E-state index contributed by atoms with van der Waals surface area (Å²) in [7, 11) is -3.75. The predicted molar refractivity (Wildman–Crippen MR) is 94.8 cm³/mol. The Kier molecular flexibility index (Phi) is 5.34. The van der Waals surface area contributed by atoms with Gasteiger partial charge in [0.2, 0.25) is 15.9 Å². The number of sulfonamides is 1. The topological polar surface area (TPSA) is 95.0 Å². The molecule has 2 aliphatic rings. The number of amides is 1. The second-order valence-corrected chi connectivity index (χ2v) is 9.10. The number of hydrogen-bond donors (Lipinski definition) is 1. The summed E-state index contributed by atoms with van der Waals surface area (Å²) >= 11 is 0. The Labute approximate surface area is 153 Å². The van der Waals surface area contributed by atoms with Crippen LogP contribution in [0, 0.1) is 11.8 Å². The number of piperidine rings is 1. The van der Waals surface area contributed by atoms with Gasteiger partial charge in [-0.05, 0) is 37.3 Å². The summed E-state index contributed by atoms with van der Waals surface area (Å²) in [5, 5.41) is 9.31. The van der Waals surface area contributed by atoms with E-state index < -0.39 is 28.0 Å². The molecule has 1 aromatic carbocycles.